The fourth-order valence-corrected chi connectivity index (χ4v) is 0.993. The number of hydrogen-bond acceptors (Lipinski definition) is 5. The fourth-order valence-electron chi connectivity index (χ4n) is 0.820. The zero-order valence-corrected chi connectivity index (χ0v) is 10.00. The number of amides is 1. The Kier molecular flexibility index (Phi) is 3.66. The normalized spacial score (nSPS) is 11.1. The van der Waals surface area contributed by atoms with Crippen LogP contribution >= 0.6 is 11.6 Å². The van der Waals surface area contributed by atoms with E-state index in [1.54, 1.807) is 13.8 Å². The summed E-state index contributed by atoms with van der Waals surface area (Å²) >= 11 is 5.71. The van der Waals surface area contributed by atoms with E-state index in [9.17, 15) is 4.79 Å². The molecule has 0 unspecified atom stereocenters. The maximum Gasteiger partial charge on any atom is 0.246 e. The van der Waals surface area contributed by atoms with Gasteiger partial charge in [-0.25, -0.2) is 4.98 Å². The zero-order valence-electron chi connectivity index (χ0n) is 9.24. The van der Waals surface area contributed by atoms with E-state index >= 15 is 0 Å². The second-order valence-corrected chi connectivity index (χ2v) is 4.12. The maximum atomic E-state index is 11.5. The molecule has 7 heteroatoms. The number of hydrogen-bond donors (Lipinski definition) is 2. The van der Waals surface area contributed by atoms with Crippen molar-refractivity contribution in [1.82, 2.24) is 9.97 Å². The first-order valence-electron chi connectivity index (χ1n) is 4.52. The molecule has 6 nitrogen and oxygen atoms in total. The molecule has 1 aromatic heterocycles. The highest BCUT2D eigenvalue weighted by atomic mass is 35.5. The molecule has 0 aliphatic carbocycles. The third-order valence-corrected chi connectivity index (χ3v) is 1.88. The van der Waals surface area contributed by atoms with Gasteiger partial charge < -0.3 is 10.5 Å². The summed E-state index contributed by atoms with van der Waals surface area (Å²) in [5, 5.41) is 2.62. The van der Waals surface area contributed by atoms with Gasteiger partial charge in [-0.15, -0.1) is 0 Å². The van der Waals surface area contributed by atoms with Crippen molar-refractivity contribution in [2.75, 3.05) is 12.4 Å². The smallest absolute Gasteiger partial charge is 0.246 e. The minimum absolute atomic E-state index is 0.0628. The molecule has 0 radical (unpaired) electrons. The molecule has 16 heavy (non-hydrogen) atoms. The number of nitrogens with zero attached hydrogens (tertiary/aromatic N) is 2. The van der Waals surface area contributed by atoms with Crippen molar-refractivity contribution in [3.05, 3.63) is 11.2 Å². The molecule has 0 spiro atoms. The summed E-state index contributed by atoms with van der Waals surface area (Å²) in [6.45, 7) is 3.15. The maximum absolute atomic E-state index is 11.5. The number of carbonyl (C=O) groups is 1. The van der Waals surface area contributed by atoms with Crippen molar-refractivity contribution >= 4 is 23.5 Å². The van der Waals surface area contributed by atoms with Gasteiger partial charge in [0.25, 0.3) is 0 Å². The molecule has 1 amide bonds. The number of ether oxygens (including phenoxy) is 1. The van der Waals surface area contributed by atoms with Crippen LogP contribution in [0.1, 0.15) is 13.8 Å². The number of anilines is 1. The van der Waals surface area contributed by atoms with Gasteiger partial charge in [-0.3, -0.25) is 10.1 Å². The Hall–Kier alpha value is -1.40. The van der Waals surface area contributed by atoms with E-state index in [4.69, 9.17) is 22.1 Å². The van der Waals surface area contributed by atoms with Crippen molar-refractivity contribution in [2.45, 2.75) is 19.4 Å². The van der Waals surface area contributed by atoms with E-state index in [1.165, 1.54) is 13.2 Å². The molecule has 0 saturated heterocycles. The van der Waals surface area contributed by atoms with Gasteiger partial charge in [0.2, 0.25) is 17.7 Å². The fraction of sp³-hybridized carbons (Fsp3) is 0.444. The van der Waals surface area contributed by atoms with Gasteiger partial charge >= 0.3 is 0 Å². The largest absolute Gasteiger partial charge is 0.481 e. The molecule has 88 valence electrons. The van der Waals surface area contributed by atoms with Crippen molar-refractivity contribution in [1.29, 1.82) is 0 Å². The predicted molar refractivity (Wildman–Crippen MR) is 60.5 cm³/mol. The van der Waals surface area contributed by atoms with Gasteiger partial charge in [-0.1, -0.05) is 11.6 Å². The van der Waals surface area contributed by atoms with Crippen molar-refractivity contribution in [2.24, 2.45) is 5.73 Å². The van der Waals surface area contributed by atoms with Crippen LogP contribution in [-0.2, 0) is 4.79 Å². The van der Waals surface area contributed by atoms with E-state index in [2.05, 4.69) is 15.3 Å². The van der Waals surface area contributed by atoms with Gasteiger partial charge in [0.15, 0.2) is 0 Å². The molecule has 0 aliphatic heterocycles. The van der Waals surface area contributed by atoms with E-state index in [0.29, 0.717) is 0 Å². The first-order valence-corrected chi connectivity index (χ1v) is 4.89. The van der Waals surface area contributed by atoms with Crippen LogP contribution in [0, 0.1) is 0 Å². The molecule has 1 rings (SSSR count). The summed E-state index contributed by atoms with van der Waals surface area (Å²) in [5.74, 6) is -0.0742. The molecular formula is C9H13ClN4O2. The number of nitrogens with two attached hydrogens (primary N) is 1. The van der Waals surface area contributed by atoms with E-state index in [0.717, 1.165) is 0 Å². The number of rotatable bonds is 3. The van der Waals surface area contributed by atoms with Crippen LogP contribution in [0.3, 0.4) is 0 Å². The van der Waals surface area contributed by atoms with Gasteiger partial charge in [0, 0.05) is 6.07 Å². The molecule has 1 aromatic rings. The lowest BCUT2D eigenvalue weighted by Gasteiger charge is -2.16. The third kappa shape index (κ3) is 3.32. The van der Waals surface area contributed by atoms with E-state index in [-0.39, 0.29) is 17.0 Å². The van der Waals surface area contributed by atoms with Crippen LogP contribution in [0.2, 0.25) is 5.15 Å². The SMILES string of the molecule is COc1cc(Cl)nc(NC(=O)C(C)(C)N)n1. The minimum Gasteiger partial charge on any atom is -0.481 e. The molecule has 0 atom stereocenters. The van der Waals surface area contributed by atoms with Crippen molar-refractivity contribution in [3.8, 4) is 5.88 Å². The average molecular weight is 245 g/mol. The highest BCUT2D eigenvalue weighted by Gasteiger charge is 2.23. The number of carbonyl (C=O) groups excluding carboxylic acids is 1. The molecular weight excluding hydrogens is 232 g/mol. The summed E-state index contributed by atoms with van der Waals surface area (Å²) in [4.78, 5) is 19.3. The van der Waals surface area contributed by atoms with Gasteiger partial charge in [-0.05, 0) is 13.8 Å². The summed E-state index contributed by atoms with van der Waals surface area (Å²) in [6.07, 6.45) is 0. The number of aromatic nitrogens is 2. The third-order valence-electron chi connectivity index (χ3n) is 1.69. The summed E-state index contributed by atoms with van der Waals surface area (Å²) < 4.78 is 4.88. The Balaban J connectivity index is 2.89. The zero-order chi connectivity index (χ0) is 12.3. The highest BCUT2D eigenvalue weighted by Crippen LogP contribution is 2.16. The Morgan fingerprint density at radius 2 is 2.19 bits per heavy atom. The Bertz CT molecular complexity index is 403. The summed E-state index contributed by atoms with van der Waals surface area (Å²) in [5.41, 5.74) is 4.59. The molecule has 0 bridgehead atoms. The van der Waals surface area contributed by atoms with E-state index in [1.807, 2.05) is 0 Å². The van der Waals surface area contributed by atoms with Crippen LogP contribution in [-0.4, -0.2) is 28.5 Å². The molecule has 0 aliphatic rings. The summed E-state index contributed by atoms with van der Waals surface area (Å²) in [7, 11) is 1.44. The van der Waals surface area contributed by atoms with E-state index < -0.39 is 11.4 Å². The van der Waals surface area contributed by atoms with Gasteiger partial charge in [0.05, 0.1) is 12.6 Å². The van der Waals surface area contributed by atoms with Crippen molar-refractivity contribution < 1.29 is 9.53 Å². The van der Waals surface area contributed by atoms with Crippen LogP contribution < -0.4 is 15.8 Å². The van der Waals surface area contributed by atoms with Gasteiger partial charge in [0.1, 0.15) is 5.15 Å². The second-order valence-electron chi connectivity index (χ2n) is 3.73. The highest BCUT2D eigenvalue weighted by molar-refractivity contribution is 6.29. The number of nitrogens with one attached hydrogen (secondary N) is 1. The lowest BCUT2D eigenvalue weighted by Crippen LogP contribution is -2.45. The average Bonchev–Trinajstić information content (AvgIpc) is 2.15. The van der Waals surface area contributed by atoms with Crippen molar-refractivity contribution in [3.63, 3.8) is 0 Å². The molecule has 1 heterocycles. The number of methoxy groups -OCH3 is 1. The predicted octanol–water partition coefficient (Wildman–Crippen LogP) is 0.814. The minimum atomic E-state index is -1.01. The lowest BCUT2D eigenvalue weighted by molar-refractivity contribution is -0.120. The first kappa shape index (κ1) is 12.7. The Morgan fingerprint density at radius 1 is 1.56 bits per heavy atom. The van der Waals surface area contributed by atoms with Crippen LogP contribution in [0.25, 0.3) is 0 Å². The summed E-state index contributed by atoms with van der Waals surface area (Å²) in [6, 6.07) is 1.44. The Morgan fingerprint density at radius 3 is 2.69 bits per heavy atom. The quantitative estimate of drug-likeness (QED) is 0.768. The molecule has 0 fully saturated rings. The Labute approximate surface area is 98.2 Å². The lowest BCUT2D eigenvalue weighted by atomic mass is 10.1. The molecule has 3 N–H and O–H groups in total. The number of halogens is 1. The second kappa shape index (κ2) is 4.63. The monoisotopic (exact) mass is 244 g/mol. The topological polar surface area (TPSA) is 90.1 Å². The van der Waals surface area contributed by atoms with Crippen LogP contribution in [0.5, 0.6) is 5.88 Å². The van der Waals surface area contributed by atoms with Gasteiger partial charge in [-0.2, -0.15) is 4.98 Å². The van der Waals surface area contributed by atoms with Crippen LogP contribution in [0.4, 0.5) is 5.95 Å². The first-order chi connectivity index (χ1) is 7.32. The molecule has 0 aromatic carbocycles. The standard InChI is InChI=1S/C9H13ClN4O2/c1-9(2,11)7(15)14-8-12-5(10)4-6(13-8)16-3/h4H,11H2,1-3H3,(H,12,13,14,15). The van der Waals surface area contributed by atoms with Crippen LogP contribution in [0.15, 0.2) is 6.07 Å². The molecule has 0 saturated carbocycles.